The van der Waals surface area contributed by atoms with Crippen molar-refractivity contribution in [2.75, 3.05) is 5.32 Å². The molecule has 0 bridgehead atoms. The first kappa shape index (κ1) is 17.6. The molecule has 0 fully saturated rings. The predicted molar refractivity (Wildman–Crippen MR) is 104 cm³/mol. The number of carbonyl (C=O) groups excluding carboxylic acids is 1. The Morgan fingerprint density at radius 2 is 1.68 bits per heavy atom. The van der Waals surface area contributed by atoms with E-state index in [1.807, 2.05) is 30.3 Å². The van der Waals surface area contributed by atoms with Gasteiger partial charge in [0, 0.05) is 23.8 Å². The Kier molecular flexibility index (Phi) is 4.45. The third kappa shape index (κ3) is 2.95. The van der Waals surface area contributed by atoms with Gasteiger partial charge >= 0.3 is 0 Å². The van der Waals surface area contributed by atoms with Crippen LogP contribution in [-0.4, -0.2) is 10.7 Å². The summed E-state index contributed by atoms with van der Waals surface area (Å²) < 4.78 is 14.4. The second-order valence-corrected chi connectivity index (χ2v) is 6.40. The molecule has 0 saturated heterocycles. The number of para-hydroxylation sites is 2. The fourth-order valence-electron chi connectivity index (χ4n) is 3.53. The van der Waals surface area contributed by atoms with E-state index >= 15 is 0 Å². The van der Waals surface area contributed by atoms with Crippen LogP contribution >= 0.6 is 0 Å². The number of nitrogens with one attached hydrogen (secondary N) is 1. The van der Waals surface area contributed by atoms with E-state index in [2.05, 4.69) is 5.32 Å². The van der Waals surface area contributed by atoms with Crippen LogP contribution in [0, 0.1) is 15.9 Å². The average molecular weight is 374 g/mol. The Morgan fingerprint density at radius 1 is 0.964 bits per heavy atom. The summed E-state index contributed by atoms with van der Waals surface area (Å²) in [7, 11) is 0. The van der Waals surface area contributed by atoms with Crippen molar-refractivity contribution in [3.05, 3.63) is 117 Å². The van der Waals surface area contributed by atoms with Crippen LogP contribution in [0.5, 0.6) is 0 Å². The molecule has 0 amide bonds. The summed E-state index contributed by atoms with van der Waals surface area (Å²) in [6.07, 6.45) is 1.45. The van der Waals surface area contributed by atoms with Gasteiger partial charge in [-0.3, -0.25) is 14.9 Å². The molecule has 1 aliphatic carbocycles. The fourth-order valence-corrected chi connectivity index (χ4v) is 3.53. The molecule has 1 unspecified atom stereocenters. The van der Waals surface area contributed by atoms with E-state index in [1.165, 1.54) is 18.3 Å². The molecule has 28 heavy (non-hydrogen) atoms. The normalized spacial score (nSPS) is 16.8. The van der Waals surface area contributed by atoms with Crippen molar-refractivity contribution in [1.29, 1.82) is 0 Å². The number of nitro groups is 1. The first-order valence-electron chi connectivity index (χ1n) is 8.66. The van der Waals surface area contributed by atoms with Crippen molar-refractivity contribution < 1.29 is 14.1 Å². The number of nitrogens with zero attached hydrogens (tertiary/aromatic N) is 1. The second kappa shape index (κ2) is 7.08. The maximum absolute atomic E-state index is 14.4. The number of anilines is 1. The second-order valence-electron chi connectivity index (χ2n) is 6.40. The van der Waals surface area contributed by atoms with Crippen LogP contribution in [0.15, 0.2) is 84.6 Å². The number of fused-ring (bicyclic) bond motifs is 1. The number of hydrogen-bond acceptors (Lipinski definition) is 4. The van der Waals surface area contributed by atoms with E-state index in [-0.39, 0.29) is 16.9 Å². The van der Waals surface area contributed by atoms with E-state index in [4.69, 9.17) is 0 Å². The minimum atomic E-state index is -0.572. The number of benzene rings is 3. The smallest absolute Gasteiger partial charge is 0.292 e. The molecule has 0 heterocycles. The van der Waals surface area contributed by atoms with Gasteiger partial charge in [-0.15, -0.1) is 0 Å². The van der Waals surface area contributed by atoms with Gasteiger partial charge in [0.15, 0.2) is 5.78 Å². The first-order valence-corrected chi connectivity index (χ1v) is 8.66. The monoisotopic (exact) mass is 374 g/mol. The lowest BCUT2D eigenvalue weighted by Crippen LogP contribution is -2.06. The Hall–Kier alpha value is -3.80. The van der Waals surface area contributed by atoms with Gasteiger partial charge < -0.3 is 5.32 Å². The van der Waals surface area contributed by atoms with Gasteiger partial charge in [0.05, 0.1) is 10.5 Å². The van der Waals surface area contributed by atoms with Gasteiger partial charge in [0.1, 0.15) is 11.5 Å². The van der Waals surface area contributed by atoms with Crippen LogP contribution in [0.3, 0.4) is 0 Å². The lowest BCUT2D eigenvalue weighted by molar-refractivity contribution is -0.383. The zero-order chi connectivity index (χ0) is 19.7. The van der Waals surface area contributed by atoms with Gasteiger partial charge in [-0.2, -0.15) is 0 Å². The van der Waals surface area contributed by atoms with Gasteiger partial charge in [-0.05, 0) is 23.3 Å². The molecule has 3 aromatic rings. The Labute approximate surface area is 160 Å². The molecule has 0 radical (unpaired) electrons. The molecular formula is C22H15FN2O3. The summed E-state index contributed by atoms with van der Waals surface area (Å²) in [6, 6.07) is 20.0. The molecule has 5 nitrogen and oxygen atoms in total. The standard InChI is InChI=1S/C22H15FN2O3/c23-17-10-6-9-15-20(14-7-2-1-3-8-14)16(22(26)21(15)17)13-24-18-11-4-5-12-19(18)25(27)28/h1-13,20,24H/b16-13+. The highest BCUT2D eigenvalue weighted by Gasteiger charge is 2.37. The molecule has 1 atom stereocenters. The number of allylic oxidation sites excluding steroid dienone is 1. The number of carbonyl (C=O) groups is 1. The topological polar surface area (TPSA) is 72.2 Å². The van der Waals surface area contributed by atoms with Crippen LogP contribution in [-0.2, 0) is 0 Å². The maximum Gasteiger partial charge on any atom is 0.292 e. The largest absolute Gasteiger partial charge is 0.356 e. The zero-order valence-corrected chi connectivity index (χ0v) is 14.6. The van der Waals surface area contributed by atoms with Crippen LogP contribution in [0.1, 0.15) is 27.4 Å². The fraction of sp³-hybridized carbons (Fsp3) is 0.0455. The number of Topliss-reactive ketones (excluding diaryl/α,β-unsaturated/α-hetero) is 1. The minimum Gasteiger partial charge on any atom is -0.356 e. The van der Waals surface area contributed by atoms with Gasteiger partial charge in [-0.1, -0.05) is 54.6 Å². The maximum atomic E-state index is 14.4. The Bertz CT molecular complexity index is 1110. The Balaban J connectivity index is 1.81. The van der Waals surface area contributed by atoms with Crippen molar-refractivity contribution >= 4 is 17.2 Å². The molecule has 138 valence electrons. The molecule has 1 N–H and O–H groups in total. The van der Waals surface area contributed by atoms with Crippen molar-refractivity contribution in [2.24, 2.45) is 0 Å². The van der Waals surface area contributed by atoms with E-state index in [1.54, 1.807) is 30.3 Å². The van der Waals surface area contributed by atoms with Gasteiger partial charge in [-0.25, -0.2) is 4.39 Å². The Morgan fingerprint density at radius 3 is 2.43 bits per heavy atom. The summed E-state index contributed by atoms with van der Waals surface area (Å²) >= 11 is 0. The first-order chi connectivity index (χ1) is 13.6. The van der Waals surface area contributed by atoms with Crippen LogP contribution in [0.25, 0.3) is 0 Å². The van der Waals surface area contributed by atoms with Gasteiger partial charge in [0.25, 0.3) is 5.69 Å². The minimum absolute atomic E-state index is 0.0481. The van der Waals surface area contributed by atoms with Crippen molar-refractivity contribution in [3.8, 4) is 0 Å². The molecular weight excluding hydrogens is 359 g/mol. The molecule has 0 aromatic heterocycles. The highest BCUT2D eigenvalue weighted by molar-refractivity contribution is 6.15. The van der Waals surface area contributed by atoms with Crippen LogP contribution in [0.2, 0.25) is 0 Å². The van der Waals surface area contributed by atoms with Crippen LogP contribution in [0.4, 0.5) is 15.8 Å². The van der Waals surface area contributed by atoms with Crippen molar-refractivity contribution in [1.82, 2.24) is 0 Å². The highest BCUT2D eigenvalue weighted by Crippen LogP contribution is 2.43. The number of nitro benzene ring substituents is 1. The third-order valence-electron chi connectivity index (χ3n) is 4.77. The lowest BCUT2D eigenvalue weighted by Gasteiger charge is -2.14. The third-order valence-corrected chi connectivity index (χ3v) is 4.77. The van der Waals surface area contributed by atoms with E-state index in [9.17, 15) is 19.3 Å². The highest BCUT2D eigenvalue weighted by atomic mass is 19.1. The molecule has 3 aromatic carbocycles. The number of hydrogen-bond donors (Lipinski definition) is 1. The predicted octanol–water partition coefficient (Wildman–Crippen LogP) is 5.06. The molecule has 4 rings (SSSR count). The lowest BCUT2D eigenvalue weighted by atomic mass is 9.90. The quantitative estimate of drug-likeness (QED) is 0.394. The molecule has 0 spiro atoms. The van der Waals surface area contributed by atoms with Gasteiger partial charge in [0.2, 0.25) is 0 Å². The average Bonchev–Trinajstić information content (AvgIpc) is 3.00. The summed E-state index contributed by atoms with van der Waals surface area (Å²) in [5.74, 6) is -1.44. The van der Waals surface area contributed by atoms with Crippen LogP contribution < -0.4 is 5.32 Å². The molecule has 1 aliphatic rings. The molecule has 6 heteroatoms. The SMILES string of the molecule is O=C1/C(=C/Nc2ccccc2[N+](=O)[O-])C(c2ccccc2)c2cccc(F)c21. The summed E-state index contributed by atoms with van der Waals surface area (Å²) in [5, 5.41) is 14.1. The van der Waals surface area contributed by atoms with E-state index in [0.717, 1.165) is 5.56 Å². The zero-order valence-electron chi connectivity index (χ0n) is 14.6. The van der Waals surface area contributed by atoms with Crippen molar-refractivity contribution in [3.63, 3.8) is 0 Å². The van der Waals surface area contributed by atoms with E-state index in [0.29, 0.717) is 11.1 Å². The van der Waals surface area contributed by atoms with Crippen molar-refractivity contribution in [2.45, 2.75) is 5.92 Å². The number of ketones is 1. The summed E-state index contributed by atoms with van der Waals surface area (Å²) in [5.41, 5.74) is 1.97. The summed E-state index contributed by atoms with van der Waals surface area (Å²) in [6.45, 7) is 0. The molecule has 0 aliphatic heterocycles. The summed E-state index contributed by atoms with van der Waals surface area (Å²) in [4.78, 5) is 23.7. The number of rotatable bonds is 4. The molecule has 0 saturated carbocycles. The van der Waals surface area contributed by atoms with E-state index < -0.39 is 22.4 Å². The number of halogens is 1.